The Labute approximate surface area is 155 Å². The van der Waals surface area contributed by atoms with Gasteiger partial charge in [-0.2, -0.15) is 5.10 Å². The van der Waals surface area contributed by atoms with Crippen LogP contribution in [0.4, 0.5) is 0 Å². The van der Waals surface area contributed by atoms with Crippen LogP contribution >= 0.6 is 0 Å². The van der Waals surface area contributed by atoms with Crippen LogP contribution in [-0.4, -0.2) is 25.3 Å². The molecule has 0 aliphatic rings. The first kappa shape index (κ1) is 19.5. The quantitative estimate of drug-likeness (QED) is 0.544. The predicted molar refractivity (Wildman–Crippen MR) is 104 cm³/mol. The summed E-state index contributed by atoms with van der Waals surface area (Å²) < 4.78 is 11.2. The van der Waals surface area contributed by atoms with E-state index < -0.39 is 0 Å². The number of ether oxygens (including phenoxy) is 2. The summed E-state index contributed by atoms with van der Waals surface area (Å²) in [5, 5.41) is 3.99. The zero-order valence-electron chi connectivity index (χ0n) is 15.6. The fraction of sp³-hybridized carbons (Fsp3) is 0.333. The molecule has 0 aliphatic heterocycles. The highest BCUT2D eigenvalue weighted by atomic mass is 16.5. The van der Waals surface area contributed by atoms with Crippen LogP contribution in [0.15, 0.2) is 53.6 Å². The Hall–Kier alpha value is -2.82. The highest BCUT2D eigenvalue weighted by Crippen LogP contribution is 2.28. The van der Waals surface area contributed by atoms with Crippen molar-refractivity contribution >= 4 is 12.1 Å². The molecule has 138 valence electrons. The Kier molecular flexibility index (Phi) is 7.68. The average Bonchev–Trinajstić information content (AvgIpc) is 2.67. The fourth-order valence-electron chi connectivity index (χ4n) is 2.46. The third-order valence-electron chi connectivity index (χ3n) is 4.03. The van der Waals surface area contributed by atoms with Gasteiger partial charge in [0.25, 0.3) is 5.91 Å². The number of nitrogens with zero attached hydrogens (tertiary/aromatic N) is 1. The van der Waals surface area contributed by atoms with Gasteiger partial charge in [0, 0.05) is 5.56 Å². The summed E-state index contributed by atoms with van der Waals surface area (Å²) in [5.41, 5.74) is 4.40. The molecule has 0 spiro atoms. The molecule has 5 nitrogen and oxygen atoms in total. The number of hydrogen-bond donors (Lipinski definition) is 1. The van der Waals surface area contributed by atoms with E-state index in [4.69, 9.17) is 9.47 Å². The molecular formula is C21H26N2O3. The van der Waals surface area contributed by atoms with Gasteiger partial charge < -0.3 is 9.47 Å². The van der Waals surface area contributed by atoms with Crippen LogP contribution in [0.5, 0.6) is 11.5 Å². The minimum atomic E-state index is -0.311. The number of carbonyl (C=O) groups is 1. The topological polar surface area (TPSA) is 59.9 Å². The van der Waals surface area contributed by atoms with Gasteiger partial charge in [-0.25, -0.2) is 5.43 Å². The zero-order chi connectivity index (χ0) is 18.8. The maximum atomic E-state index is 12.0. The molecule has 1 N–H and O–H groups in total. The van der Waals surface area contributed by atoms with E-state index in [1.165, 1.54) is 0 Å². The van der Waals surface area contributed by atoms with Gasteiger partial charge in [-0.3, -0.25) is 4.79 Å². The Morgan fingerprint density at radius 3 is 2.50 bits per heavy atom. The van der Waals surface area contributed by atoms with Crippen molar-refractivity contribution in [3.05, 3.63) is 59.7 Å². The molecule has 0 bridgehead atoms. The van der Waals surface area contributed by atoms with E-state index in [-0.39, 0.29) is 12.5 Å². The molecular weight excluding hydrogens is 328 g/mol. The normalized spacial score (nSPS) is 12.0. The van der Waals surface area contributed by atoms with Gasteiger partial charge in [0.15, 0.2) is 6.61 Å². The van der Waals surface area contributed by atoms with Crippen LogP contribution in [0, 0.1) is 0 Å². The van der Waals surface area contributed by atoms with Crippen LogP contribution in [0.25, 0.3) is 0 Å². The second kappa shape index (κ2) is 10.2. The lowest BCUT2D eigenvalue weighted by Gasteiger charge is -2.15. The number of benzene rings is 2. The van der Waals surface area contributed by atoms with Crippen LogP contribution in [0.3, 0.4) is 0 Å². The first-order valence-electron chi connectivity index (χ1n) is 8.91. The molecule has 1 atom stereocenters. The lowest BCUT2D eigenvalue weighted by Crippen LogP contribution is -2.25. The van der Waals surface area contributed by atoms with Crippen LogP contribution in [0.2, 0.25) is 0 Å². The number of carbonyl (C=O) groups excluding carboxylic acids is 1. The molecule has 26 heavy (non-hydrogen) atoms. The lowest BCUT2D eigenvalue weighted by atomic mass is 9.98. The summed E-state index contributed by atoms with van der Waals surface area (Å²) >= 11 is 0. The standard InChI is InChI=1S/C21H26N2O3/c1-4-16(3)18-11-7-9-13-20(18)26-15-21(24)23-22-14-17-10-6-8-12-19(17)25-5-2/h6-14,16H,4-5,15H2,1-3H3,(H,23,24). The molecule has 5 heteroatoms. The van der Waals surface area contributed by atoms with Crippen LogP contribution in [-0.2, 0) is 4.79 Å². The van der Waals surface area contributed by atoms with Crippen molar-refractivity contribution in [2.45, 2.75) is 33.1 Å². The van der Waals surface area contributed by atoms with Gasteiger partial charge in [0.1, 0.15) is 11.5 Å². The Balaban J connectivity index is 1.90. The maximum absolute atomic E-state index is 12.0. The van der Waals surface area contributed by atoms with E-state index in [2.05, 4.69) is 24.4 Å². The second-order valence-electron chi connectivity index (χ2n) is 5.90. The van der Waals surface area contributed by atoms with E-state index in [0.29, 0.717) is 12.5 Å². The fourth-order valence-corrected chi connectivity index (χ4v) is 2.46. The molecule has 2 aromatic rings. The molecule has 0 heterocycles. The van der Waals surface area contributed by atoms with Gasteiger partial charge in [-0.15, -0.1) is 0 Å². The first-order valence-corrected chi connectivity index (χ1v) is 8.91. The van der Waals surface area contributed by atoms with Crippen molar-refractivity contribution in [1.29, 1.82) is 0 Å². The number of amides is 1. The number of hydrogen-bond acceptors (Lipinski definition) is 4. The van der Waals surface area contributed by atoms with Gasteiger partial charge >= 0.3 is 0 Å². The molecule has 0 fully saturated rings. The average molecular weight is 354 g/mol. The maximum Gasteiger partial charge on any atom is 0.277 e. The predicted octanol–water partition coefficient (Wildman–Crippen LogP) is 4.13. The first-order chi connectivity index (χ1) is 12.7. The van der Waals surface area contributed by atoms with E-state index in [0.717, 1.165) is 29.0 Å². The molecule has 0 aliphatic carbocycles. The molecule has 1 amide bonds. The van der Waals surface area contributed by atoms with Crippen molar-refractivity contribution < 1.29 is 14.3 Å². The monoisotopic (exact) mass is 354 g/mol. The number of nitrogens with one attached hydrogen (secondary N) is 1. The molecule has 0 saturated heterocycles. The number of para-hydroxylation sites is 2. The molecule has 2 rings (SSSR count). The van der Waals surface area contributed by atoms with Crippen molar-refractivity contribution in [3.63, 3.8) is 0 Å². The van der Waals surface area contributed by atoms with E-state index >= 15 is 0 Å². The van der Waals surface area contributed by atoms with Crippen molar-refractivity contribution in [1.82, 2.24) is 5.43 Å². The van der Waals surface area contributed by atoms with Crippen LogP contribution in [0.1, 0.15) is 44.2 Å². The molecule has 0 radical (unpaired) electrons. The Morgan fingerprint density at radius 2 is 1.77 bits per heavy atom. The molecule has 1 unspecified atom stereocenters. The third-order valence-corrected chi connectivity index (χ3v) is 4.03. The second-order valence-corrected chi connectivity index (χ2v) is 5.90. The highest BCUT2D eigenvalue weighted by molar-refractivity contribution is 5.85. The minimum Gasteiger partial charge on any atom is -0.493 e. The summed E-state index contributed by atoms with van der Waals surface area (Å²) in [6.45, 7) is 6.67. The number of rotatable bonds is 9. The molecule has 0 saturated carbocycles. The largest absolute Gasteiger partial charge is 0.493 e. The van der Waals surface area contributed by atoms with Gasteiger partial charge in [-0.1, -0.05) is 44.2 Å². The van der Waals surface area contributed by atoms with Crippen LogP contribution < -0.4 is 14.9 Å². The lowest BCUT2D eigenvalue weighted by molar-refractivity contribution is -0.123. The van der Waals surface area contributed by atoms with E-state index in [1.54, 1.807) is 6.21 Å². The van der Waals surface area contributed by atoms with E-state index in [9.17, 15) is 4.79 Å². The van der Waals surface area contributed by atoms with Gasteiger partial charge in [0.2, 0.25) is 0 Å². The molecule has 2 aromatic carbocycles. The minimum absolute atomic E-state index is 0.0854. The Bertz CT molecular complexity index is 744. The third kappa shape index (κ3) is 5.62. The molecule has 0 aromatic heterocycles. The summed E-state index contributed by atoms with van der Waals surface area (Å²) in [6.07, 6.45) is 2.58. The van der Waals surface area contributed by atoms with Crippen molar-refractivity contribution in [3.8, 4) is 11.5 Å². The van der Waals surface area contributed by atoms with E-state index in [1.807, 2.05) is 55.5 Å². The van der Waals surface area contributed by atoms with Gasteiger partial charge in [0.05, 0.1) is 12.8 Å². The van der Waals surface area contributed by atoms with Crippen molar-refractivity contribution in [2.75, 3.05) is 13.2 Å². The zero-order valence-corrected chi connectivity index (χ0v) is 15.6. The smallest absolute Gasteiger partial charge is 0.277 e. The summed E-state index contributed by atoms with van der Waals surface area (Å²) in [5.74, 6) is 1.53. The van der Waals surface area contributed by atoms with Crippen molar-refractivity contribution in [2.24, 2.45) is 5.10 Å². The SMILES string of the molecule is CCOc1ccccc1C=NNC(=O)COc1ccccc1C(C)CC. The van der Waals surface area contributed by atoms with Gasteiger partial charge in [-0.05, 0) is 43.0 Å². The summed E-state index contributed by atoms with van der Waals surface area (Å²) in [4.78, 5) is 12.0. The summed E-state index contributed by atoms with van der Waals surface area (Å²) in [6, 6.07) is 15.3. The number of hydrazone groups is 1. The highest BCUT2D eigenvalue weighted by Gasteiger charge is 2.10. The summed E-state index contributed by atoms with van der Waals surface area (Å²) in [7, 11) is 0. The Morgan fingerprint density at radius 1 is 1.08 bits per heavy atom.